The van der Waals surface area contributed by atoms with Gasteiger partial charge in [-0.2, -0.15) is 0 Å². The van der Waals surface area contributed by atoms with Gasteiger partial charge in [-0.05, 0) is 24.1 Å². The fraction of sp³-hybridized carbons (Fsp3) is 0.357. The molecule has 2 heterocycles. The number of nitrogens with two attached hydrogens (primary N) is 1. The van der Waals surface area contributed by atoms with E-state index in [4.69, 9.17) is 17.3 Å². The Morgan fingerprint density at radius 3 is 2.52 bits per heavy atom. The molecule has 21 heavy (non-hydrogen) atoms. The van der Waals surface area contributed by atoms with Crippen molar-refractivity contribution in [1.29, 1.82) is 0 Å². The summed E-state index contributed by atoms with van der Waals surface area (Å²) in [7, 11) is 0. The third-order valence-electron chi connectivity index (χ3n) is 3.43. The second-order valence-corrected chi connectivity index (χ2v) is 6.38. The third-order valence-corrected chi connectivity index (χ3v) is 4.67. The molecule has 3 nitrogen and oxygen atoms in total. The molecule has 0 aliphatic carbocycles. The van der Waals surface area contributed by atoms with E-state index in [0.29, 0.717) is 5.13 Å². The largest absolute Gasteiger partial charge is 0.375 e. The van der Waals surface area contributed by atoms with Gasteiger partial charge in [-0.15, -0.1) is 36.2 Å². The molecule has 0 unspecified atom stereocenters. The van der Waals surface area contributed by atoms with Gasteiger partial charge >= 0.3 is 0 Å². The maximum atomic E-state index is 5.91. The summed E-state index contributed by atoms with van der Waals surface area (Å²) in [6.07, 6.45) is 2.05. The lowest BCUT2D eigenvalue weighted by atomic mass is 10.2. The number of benzene rings is 1. The zero-order valence-corrected chi connectivity index (χ0v) is 14.6. The highest BCUT2D eigenvalue weighted by Gasteiger charge is 2.17. The van der Waals surface area contributed by atoms with Gasteiger partial charge in [-0.3, -0.25) is 4.90 Å². The molecule has 0 radical (unpaired) electrons. The van der Waals surface area contributed by atoms with E-state index in [-0.39, 0.29) is 24.8 Å². The van der Waals surface area contributed by atoms with Crippen LogP contribution in [0.2, 0.25) is 5.02 Å². The highest BCUT2D eigenvalue weighted by atomic mass is 35.5. The zero-order chi connectivity index (χ0) is 13.2. The number of fused-ring (bicyclic) bond motifs is 1. The Bertz CT molecular complexity index is 546. The summed E-state index contributed by atoms with van der Waals surface area (Å²) in [6, 6.07) is 8.10. The van der Waals surface area contributed by atoms with Crippen LogP contribution in [0, 0.1) is 0 Å². The van der Waals surface area contributed by atoms with Gasteiger partial charge in [0.15, 0.2) is 5.13 Å². The molecule has 0 spiro atoms. The number of halogens is 3. The van der Waals surface area contributed by atoms with E-state index < -0.39 is 0 Å². The Morgan fingerprint density at radius 2 is 1.81 bits per heavy atom. The van der Waals surface area contributed by atoms with Crippen LogP contribution in [0.1, 0.15) is 16.1 Å². The quantitative estimate of drug-likeness (QED) is 0.878. The van der Waals surface area contributed by atoms with Crippen molar-refractivity contribution in [3.63, 3.8) is 0 Å². The summed E-state index contributed by atoms with van der Waals surface area (Å²) in [5, 5.41) is 1.50. The second kappa shape index (κ2) is 8.20. The Hall–Kier alpha value is -0.520. The first-order valence-electron chi connectivity index (χ1n) is 6.41. The number of anilines is 1. The SMILES string of the molecule is Cl.Cl.Nc1nc2c(s1)CCN(Cc1ccc(Cl)cc1)CC2. The lowest BCUT2D eigenvalue weighted by Gasteiger charge is -2.19. The molecule has 0 fully saturated rings. The van der Waals surface area contributed by atoms with Gasteiger partial charge in [0, 0.05) is 36.0 Å². The van der Waals surface area contributed by atoms with Crippen molar-refractivity contribution in [2.24, 2.45) is 0 Å². The van der Waals surface area contributed by atoms with Gasteiger partial charge in [0.2, 0.25) is 0 Å². The van der Waals surface area contributed by atoms with Crippen LogP contribution in [0.25, 0.3) is 0 Å². The van der Waals surface area contributed by atoms with Crippen LogP contribution in [0.4, 0.5) is 5.13 Å². The summed E-state index contributed by atoms with van der Waals surface area (Å²) in [4.78, 5) is 8.24. The smallest absolute Gasteiger partial charge is 0.180 e. The summed E-state index contributed by atoms with van der Waals surface area (Å²) < 4.78 is 0. The number of thiazole rings is 1. The second-order valence-electron chi connectivity index (χ2n) is 4.82. The first-order valence-corrected chi connectivity index (χ1v) is 7.61. The summed E-state index contributed by atoms with van der Waals surface area (Å²) in [6.45, 7) is 3.08. The molecule has 1 aromatic carbocycles. The minimum Gasteiger partial charge on any atom is -0.375 e. The van der Waals surface area contributed by atoms with Crippen LogP contribution in [0.15, 0.2) is 24.3 Å². The maximum absolute atomic E-state index is 5.91. The molecule has 1 aromatic heterocycles. The van der Waals surface area contributed by atoms with Crippen LogP contribution >= 0.6 is 47.8 Å². The predicted octanol–water partition coefficient (Wildman–Crippen LogP) is 3.82. The number of hydrogen-bond acceptors (Lipinski definition) is 4. The average Bonchev–Trinajstić information content (AvgIpc) is 2.66. The van der Waals surface area contributed by atoms with Crippen LogP contribution in [0.5, 0.6) is 0 Å². The van der Waals surface area contributed by atoms with Crippen LogP contribution in [0.3, 0.4) is 0 Å². The standard InChI is InChI=1S/C14H16ClN3S.2ClH/c15-11-3-1-10(2-4-11)9-18-7-5-12-13(6-8-18)19-14(16)17-12;;/h1-4H,5-9H2,(H2,16,17);2*1H. The Labute approximate surface area is 146 Å². The van der Waals surface area contributed by atoms with E-state index in [1.807, 2.05) is 12.1 Å². The molecule has 0 saturated heterocycles. The number of hydrogen-bond donors (Lipinski definition) is 1. The van der Waals surface area contributed by atoms with Gasteiger partial charge in [0.05, 0.1) is 5.69 Å². The molecule has 7 heteroatoms. The first kappa shape index (κ1) is 18.5. The van der Waals surface area contributed by atoms with E-state index >= 15 is 0 Å². The highest BCUT2D eigenvalue weighted by molar-refractivity contribution is 7.15. The molecule has 116 valence electrons. The Kier molecular flexibility index (Phi) is 7.24. The van der Waals surface area contributed by atoms with Gasteiger partial charge in [-0.1, -0.05) is 23.7 Å². The molecule has 0 saturated carbocycles. The molecule has 0 atom stereocenters. The summed E-state index contributed by atoms with van der Waals surface area (Å²) >= 11 is 7.55. The van der Waals surface area contributed by atoms with Crippen molar-refractivity contribution < 1.29 is 0 Å². The molecule has 1 aliphatic rings. The summed E-state index contributed by atoms with van der Waals surface area (Å²) in [5.41, 5.74) is 8.27. The minimum atomic E-state index is 0. The number of nitrogens with zero attached hydrogens (tertiary/aromatic N) is 2. The van der Waals surface area contributed by atoms with Crippen LogP contribution in [-0.2, 0) is 19.4 Å². The van der Waals surface area contributed by atoms with Crippen molar-refractivity contribution >= 4 is 52.9 Å². The number of nitrogen functional groups attached to an aromatic ring is 1. The van der Waals surface area contributed by atoms with Gasteiger partial charge in [0.25, 0.3) is 0 Å². The molecule has 2 aromatic rings. The molecule has 1 aliphatic heterocycles. The van der Waals surface area contributed by atoms with Crippen molar-refractivity contribution in [1.82, 2.24) is 9.88 Å². The van der Waals surface area contributed by atoms with Crippen molar-refractivity contribution in [2.45, 2.75) is 19.4 Å². The monoisotopic (exact) mass is 365 g/mol. The number of rotatable bonds is 2. The topological polar surface area (TPSA) is 42.1 Å². The molecule has 3 rings (SSSR count). The summed E-state index contributed by atoms with van der Waals surface area (Å²) in [5.74, 6) is 0. The van der Waals surface area contributed by atoms with Gasteiger partial charge < -0.3 is 5.73 Å². The molecular formula is C14H18Cl3N3S. The van der Waals surface area contributed by atoms with E-state index in [0.717, 1.165) is 37.5 Å². The van der Waals surface area contributed by atoms with Crippen molar-refractivity contribution in [2.75, 3.05) is 18.8 Å². The van der Waals surface area contributed by atoms with Crippen molar-refractivity contribution in [3.8, 4) is 0 Å². The van der Waals surface area contributed by atoms with Crippen LogP contribution in [-0.4, -0.2) is 23.0 Å². The van der Waals surface area contributed by atoms with E-state index in [1.54, 1.807) is 11.3 Å². The van der Waals surface area contributed by atoms with Gasteiger partial charge in [-0.25, -0.2) is 4.98 Å². The van der Waals surface area contributed by atoms with E-state index in [1.165, 1.54) is 16.1 Å². The molecule has 2 N–H and O–H groups in total. The highest BCUT2D eigenvalue weighted by Crippen LogP contribution is 2.24. The molecule has 0 amide bonds. The Morgan fingerprint density at radius 1 is 1.14 bits per heavy atom. The zero-order valence-electron chi connectivity index (χ0n) is 11.4. The third kappa shape index (κ3) is 4.73. The van der Waals surface area contributed by atoms with Crippen molar-refractivity contribution in [3.05, 3.63) is 45.4 Å². The fourth-order valence-corrected chi connectivity index (χ4v) is 3.43. The average molecular weight is 367 g/mol. The maximum Gasteiger partial charge on any atom is 0.180 e. The predicted molar refractivity (Wildman–Crippen MR) is 95.2 cm³/mol. The number of aromatic nitrogens is 1. The van der Waals surface area contributed by atoms with Gasteiger partial charge in [0.1, 0.15) is 0 Å². The van der Waals surface area contributed by atoms with Crippen LogP contribution < -0.4 is 5.73 Å². The Balaban J connectivity index is 0.00000110. The first-order chi connectivity index (χ1) is 9.20. The lowest BCUT2D eigenvalue weighted by molar-refractivity contribution is 0.279. The molecule has 0 bridgehead atoms. The lowest BCUT2D eigenvalue weighted by Crippen LogP contribution is -2.26. The van der Waals surface area contributed by atoms with E-state index in [2.05, 4.69) is 22.0 Å². The fourth-order valence-electron chi connectivity index (χ4n) is 2.44. The normalized spacial score (nSPS) is 14.5. The van der Waals surface area contributed by atoms with E-state index in [9.17, 15) is 0 Å². The molecular weight excluding hydrogens is 349 g/mol. The minimum absolute atomic E-state index is 0.